The van der Waals surface area contributed by atoms with Gasteiger partial charge in [0.05, 0.1) is 17.6 Å². The predicted molar refractivity (Wildman–Crippen MR) is 94.6 cm³/mol. The van der Waals surface area contributed by atoms with Gasteiger partial charge in [0.25, 0.3) is 10.0 Å². The van der Waals surface area contributed by atoms with Crippen molar-refractivity contribution >= 4 is 15.7 Å². The number of sulfonamides is 1. The van der Waals surface area contributed by atoms with Crippen LogP contribution in [0.1, 0.15) is 37.1 Å². The largest absolute Gasteiger partial charge is 0.333 e. The number of rotatable bonds is 6. The van der Waals surface area contributed by atoms with E-state index in [2.05, 4.69) is 14.7 Å². The Hall–Kier alpha value is -2.00. The fourth-order valence-electron chi connectivity index (χ4n) is 3.14. The molecule has 0 saturated carbocycles. The zero-order chi connectivity index (χ0) is 18.7. The van der Waals surface area contributed by atoms with Crippen LogP contribution in [0, 0.1) is 6.92 Å². The Morgan fingerprint density at radius 2 is 1.88 bits per heavy atom. The monoisotopic (exact) mass is 384 g/mol. The number of alkyl halides is 2. The fourth-order valence-corrected chi connectivity index (χ4v) is 4.42. The van der Waals surface area contributed by atoms with Crippen LogP contribution in [-0.4, -0.2) is 36.2 Å². The van der Waals surface area contributed by atoms with Crippen LogP contribution in [-0.2, 0) is 16.6 Å². The Bertz CT molecular complexity index is 861. The molecule has 26 heavy (non-hydrogen) atoms. The maximum atomic E-state index is 12.8. The van der Waals surface area contributed by atoms with Gasteiger partial charge in [-0.1, -0.05) is 24.6 Å². The molecule has 1 aliphatic rings. The van der Waals surface area contributed by atoms with Gasteiger partial charge >= 0.3 is 6.55 Å². The van der Waals surface area contributed by atoms with Gasteiger partial charge in [-0.2, -0.15) is 13.9 Å². The normalized spacial score (nSPS) is 16.2. The third-order valence-electron chi connectivity index (χ3n) is 4.47. The number of nitrogens with one attached hydrogen (secondary N) is 1. The van der Waals surface area contributed by atoms with E-state index in [0.717, 1.165) is 37.7 Å². The van der Waals surface area contributed by atoms with Crippen LogP contribution in [0.3, 0.4) is 0 Å². The van der Waals surface area contributed by atoms with Crippen molar-refractivity contribution in [1.29, 1.82) is 0 Å². The third kappa shape index (κ3) is 4.21. The minimum atomic E-state index is -4.01. The van der Waals surface area contributed by atoms with Gasteiger partial charge in [-0.25, -0.2) is 13.1 Å². The summed E-state index contributed by atoms with van der Waals surface area (Å²) in [6, 6.07) is 7.16. The summed E-state index contributed by atoms with van der Waals surface area (Å²) in [7, 11) is -4.01. The molecule has 0 aliphatic carbocycles. The summed E-state index contributed by atoms with van der Waals surface area (Å²) in [5, 5.41) is 3.57. The van der Waals surface area contributed by atoms with E-state index in [1.807, 2.05) is 12.1 Å². The number of piperidine rings is 1. The van der Waals surface area contributed by atoms with E-state index in [1.54, 1.807) is 12.1 Å². The Labute approximate surface area is 151 Å². The highest BCUT2D eigenvalue weighted by Gasteiger charge is 2.24. The second-order valence-electron chi connectivity index (χ2n) is 6.44. The SMILES string of the molecule is Cc1nn(C(F)F)cc1S(=O)(=O)Nc1ccccc1CN1CCCCC1. The van der Waals surface area contributed by atoms with Crippen LogP contribution in [0.2, 0.25) is 0 Å². The van der Waals surface area contributed by atoms with Crippen molar-refractivity contribution in [2.24, 2.45) is 0 Å². The van der Waals surface area contributed by atoms with E-state index in [9.17, 15) is 17.2 Å². The van der Waals surface area contributed by atoms with Crippen LogP contribution in [0.15, 0.2) is 35.4 Å². The lowest BCUT2D eigenvalue weighted by Crippen LogP contribution is -2.29. The summed E-state index contributed by atoms with van der Waals surface area (Å²) in [5.74, 6) is 0. The molecule has 2 aromatic rings. The number of benzene rings is 1. The number of hydrogen-bond acceptors (Lipinski definition) is 4. The molecule has 1 aromatic carbocycles. The smallest absolute Gasteiger partial charge is 0.299 e. The third-order valence-corrected chi connectivity index (χ3v) is 5.93. The number of anilines is 1. The summed E-state index contributed by atoms with van der Waals surface area (Å²) in [6.07, 6.45) is 4.35. The predicted octanol–water partition coefficient (Wildman–Crippen LogP) is 3.37. The van der Waals surface area contributed by atoms with Crippen molar-refractivity contribution in [1.82, 2.24) is 14.7 Å². The molecule has 0 radical (unpaired) electrons. The van der Waals surface area contributed by atoms with Crippen LogP contribution in [0.4, 0.5) is 14.5 Å². The van der Waals surface area contributed by atoms with E-state index in [0.29, 0.717) is 16.9 Å². The Balaban J connectivity index is 1.83. The molecule has 0 amide bonds. The van der Waals surface area contributed by atoms with E-state index in [4.69, 9.17) is 0 Å². The summed E-state index contributed by atoms with van der Waals surface area (Å²) in [6.45, 7) is 1.13. The molecule has 6 nitrogen and oxygen atoms in total. The first-order valence-corrected chi connectivity index (χ1v) is 10.0. The molecule has 0 bridgehead atoms. The van der Waals surface area contributed by atoms with Crippen LogP contribution >= 0.6 is 0 Å². The highest BCUT2D eigenvalue weighted by Crippen LogP contribution is 2.25. The van der Waals surface area contributed by atoms with Gasteiger partial charge in [0.1, 0.15) is 4.90 Å². The van der Waals surface area contributed by atoms with Crippen molar-refractivity contribution in [3.05, 3.63) is 41.7 Å². The first-order valence-electron chi connectivity index (χ1n) is 8.54. The van der Waals surface area contributed by atoms with Crippen LogP contribution in [0.5, 0.6) is 0 Å². The molecular formula is C17H22F2N4O2S. The Morgan fingerprint density at radius 1 is 1.19 bits per heavy atom. The van der Waals surface area contributed by atoms with Crippen molar-refractivity contribution in [2.75, 3.05) is 17.8 Å². The van der Waals surface area contributed by atoms with Gasteiger partial charge in [-0.15, -0.1) is 0 Å². The highest BCUT2D eigenvalue weighted by molar-refractivity contribution is 7.92. The maximum Gasteiger partial charge on any atom is 0.333 e. The minimum absolute atomic E-state index is 0.0336. The van der Waals surface area contributed by atoms with Crippen LogP contribution < -0.4 is 4.72 Å². The number of aryl methyl sites for hydroxylation is 1. The summed E-state index contributed by atoms with van der Waals surface area (Å²) >= 11 is 0. The standard InChI is InChI=1S/C17H22F2N4O2S/c1-13-16(12-23(20-13)17(18)19)26(24,25)21-15-8-4-3-7-14(15)11-22-9-5-2-6-10-22/h3-4,7-8,12,17,21H,2,5-6,9-11H2,1H3. The molecule has 2 heterocycles. The molecule has 0 atom stereocenters. The van der Waals surface area contributed by atoms with Gasteiger partial charge in [-0.05, 0) is 44.5 Å². The molecule has 1 N–H and O–H groups in total. The topological polar surface area (TPSA) is 67.2 Å². The molecule has 1 fully saturated rings. The molecule has 0 unspecified atom stereocenters. The van der Waals surface area contributed by atoms with Crippen LogP contribution in [0.25, 0.3) is 0 Å². The molecule has 0 spiro atoms. The lowest BCUT2D eigenvalue weighted by molar-refractivity contribution is 0.0561. The number of halogens is 2. The molecule has 9 heteroatoms. The molecular weight excluding hydrogens is 362 g/mol. The summed E-state index contributed by atoms with van der Waals surface area (Å²) < 4.78 is 53.8. The second kappa shape index (κ2) is 7.71. The van der Waals surface area contributed by atoms with Gasteiger partial charge in [-0.3, -0.25) is 9.62 Å². The zero-order valence-corrected chi connectivity index (χ0v) is 15.3. The number of para-hydroxylation sites is 1. The minimum Gasteiger partial charge on any atom is -0.299 e. The maximum absolute atomic E-state index is 12.8. The van der Waals surface area contributed by atoms with E-state index in [1.165, 1.54) is 13.3 Å². The summed E-state index contributed by atoms with van der Waals surface area (Å²) in [4.78, 5) is 2.04. The molecule has 142 valence electrons. The van der Waals surface area contributed by atoms with E-state index >= 15 is 0 Å². The lowest BCUT2D eigenvalue weighted by Gasteiger charge is -2.27. The van der Waals surface area contributed by atoms with Crippen molar-refractivity contribution in [2.45, 2.75) is 44.2 Å². The molecule has 1 aromatic heterocycles. The molecule has 1 saturated heterocycles. The Morgan fingerprint density at radius 3 is 2.54 bits per heavy atom. The van der Waals surface area contributed by atoms with E-state index < -0.39 is 16.6 Å². The van der Waals surface area contributed by atoms with Gasteiger partial charge < -0.3 is 0 Å². The number of likely N-dealkylation sites (tertiary alicyclic amines) is 1. The first-order chi connectivity index (χ1) is 12.4. The second-order valence-corrected chi connectivity index (χ2v) is 8.09. The quantitative estimate of drug-likeness (QED) is 0.829. The molecule has 1 aliphatic heterocycles. The van der Waals surface area contributed by atoms with Gasteiger partial charge in [0.15, 0.2) is 0 Å². The fraction of sp³-hybridized carbons (Fsp3) is 0.471. The zero-order valence-electron chi connectivity index (χ0n) is 14.5. The first kappa shape index (κ1) is 18.8. The number of aromatic nitrogens is 2. The van der Waals surface area contributed by atoms with Crippen molar-refractivity contribution in [3.63, 3.8) is 0 Å². The van der Waals surface area contributed by atoms with Gasteiger partial charge in [0, 0.05) is 6.54 Å². The van der Waals surface area contributed by atoms with Crippen molar-refractivity contribution in [3.8, 4) is 0 Å². The average Bonchev–Trinajstić information content (AvgIpc) is 3.00. The Kier molecular flexibility index (Phi) is 5.57. The van der Waals surface area contributed by atoms with Gasteiger partial charge in [0.2, 0.25) is 0 Å². The average molecular weight is 384 g/mol. The number of nitrogens with zero attached hydrogens (tertiary/aromatic N) is 3. The lowest BCUT2D eigenvalue weighted by atomic mass is 10.1. The van der Waals surface area contributed by atoms with Crippen molar-refractivity contribution < 1.29 is 17.2 Å². The van der Waals surface area contributed by atoms with E-state index in [-0.39, 0.29) is 10.6 Å². The summed E-state index contributed by atoms with van der Waals surface area (Å²) in [5.41, 5.74) is 1.35. The highest BCUT2D eigenvalue weighted by atomic mass is 32.2. The number of hydrogen-bond donors (Lipinski definition) is 1. The molecule has 3 rings (SSSR count).